The normalized spacial score (nSPS) is 20.0. The van der Waals surface area contributed by atoms with E-state index < -0.39 is 0 Å². The summed E-state index contributed by atoms with van der Waals surface area (Å²) in [6.45, 7) is 0.844. The van der Waals surface area contributed by atoms with E-state index in [1.165, 1.54) is 43.2 Å². The molecule has 1 aromatic carbocycles. The maximum Gasteiger partial charge on any atom is 0.122 e. The Morgan fingerprint density at radius 2 is 2.10 bits per heavy atom. The first-order valence-corrected chi connectivity index (χ1v) is 9.48. The molecule has 0 radical (unpaired) electrons. The van der Waals surface area contributed by atoms with Crippen LogP contribution in [0.2, 0.25) is 0 Å². The molecular formula is C18H27NOS. The molecule has 116 valence electrons. The average molecular weight is 305 g/mol. The van der Waals surface area contributed by atoms with E-state index in [1.807, 2.05) is 0 Å². The van der Waals surface area contributed by atoms with Crippen molar-refractivity contribution in [1.29, 1.82) is 0 Å². The van der Waals surface area contributed by atoms with E-state index in [1.54, 1.807) is 0 Å². The summed E-state index contributed by atoms with van der Waals surface area (Å²) in [6, 6.07) is 6.97. The Morgan fingerprint density at radius 3 is 2.95 bits per heavy atom. The molecular weight excluding hydrogens is 278 g/mol. The van der Waals surface area contributed by atoms with Gasteiger partial charge in [-0.15, -0.1) is 0 Å². The predicted molar refractivity (Wildman–Crippen MR) is 91.3 cm³/mol. The van der Waals surface area contributed by atoms with Crippen molar-refractivity contribution in [3.05, 3.63) is 29.3 Å². The second kappa shape index (κ2) is 7.55. The molecule has 0 amide bonds. The summed E-state index contributed by atoms with van der Waals surface area (Å²) in [5.74, 6) is 2.20. The molecule has 1 atom stereocenters. The largest absolute Gasteiger partial charge is 0.493 e. The van der Waals surface area contributed by atoms with E-state index in [0.717, 1.165) is 42.6 Å². The van der Waals surface area contributed by atoms with Crippen LogP contribution in [0.3, 0.4) is 0 Å². The highest BCUT2D eigenvalue weighted by molar-refractivity contribution is 7.99. The second-order valence-corrected chi connectivity index (χ2v) is 7.77. The van der Waals surface area contributed by atoms with Crippen molar-refractivity contribution in [2.75, 3.05) is 12.4 Å². The first-order valence-electron chi connectivity index (χ1n) is 8.43. The van der Waals surface area contributed by atoms with Gasteiger partial charge in [0.15, 0.2) is 0 Å². The predicted octanol–water partition coefficient (Wildman–Crippen LogP) is 3.95. The van der Waals surface area contributed by atoms with Gasteiger partial charge in [0.1, 0.15) is 5.75 Å². The van der Waals surface area contributed by atoms with Gasteiger partial charge in [0.05, 0.1) is 6.61 Å². The minimum Gasteiger partial charge on any atom is -0.493 e. The Hall–Kier alpha value is -0.670. The van der Waals surface area contributed by atoms with Crippen LogP contribution in [0.4, 0.5) is 0 Å². The summed E-state index contributed by atoms with van der Waals surface area (Å²) in [5.41, 5.74) is 9.09. The summed E-state index contributed by atoms with van der Waals surface area (Å²) in [5, 5.41) is 0.877. The summed E-state index contributed by atoms with van der Waals surface area (Å²) >= 11 is 2.12. The van der Waals surface area contributed by atoms with Crippen LogP contribution < -0.4 is 10.5 Å². The quantitative estimate of drug-likeness (QED) is 0.864. The SMILES string of the molecule is NC(CCc1ccc2c(c1)CCO2)CSC1CCCCC1. The van der Waals surface area contributed by atoms with Gasteiger partial charge in [-0.2, -0.15) is 11.8 Å². The molecule has 3 heteroatoms. The highest BCUT2D eigenvalue weighted by Gasteiger charge is 2.16. The summed E-state index contributed by atoms with van der Waals surface area (Å²) in [7, 11) is 0. The van der Waals surface area contributed by atoms with Crippen LogP contribution in [-0.4, -0.2) is 23.7 Å². The lowest BCUT2D eigenvalue weighted by molar-refractivity contribution is 0.357. The van der Waals surface area contributed by atoms with Gasteiger partial charge in [0.2, 0.25) is 0 Å². The first kappa shape index (κ1) is 15.2. The Bertz CT molecular complexity index is 457. The highest BCUT2D eigenvalue weighted by atomic mass is 32.2. The standard InChI is InChI=1S/C18H27NOS/c19-16(13-21-17-4-2-1-3-5-17)8-6-14-7-9-18-15(12-14)10-11-20-18/h7,9,12,16-17H,1-6,8,10-11,13,19H2. The van der Waals surface area contributed by atoms with Gasteiger partial charge in [-0.3, -0.25) is 0 Å². The highest BCUT2D eigenvalue weighted by Crippen LogP contribution is 2.29. The number of rotatable bonds is 6. The van der Waals surface area contributed by atoms with Gasteiger partial charge in [0.25, 0.3) is 0 Å². The van der Waals surface area contributed by atoms with Gasteiger partial charge in [-0.25, -0.2) is 0 Å². The topological polar surface area (TPSA) is 35.2 Å². The van der Waals surface area contributed by atoms with Crippen LogP contribution in [0.1, 0.15) is 49.7 Å². The third-order valence-electron chi connectivity index (χ3n) is 4.66. The van der Waals surface area contributed by atoms with E-state index in [4.69, 9.17) is 10.5 Å². The van der Waals surface area contributed by atoms with E-state index in [2.05, 4.69) is 30.0 Å². The lowest BCUT2D eigenvalue weighted by Gasteiger charge is -2.22. The molecule has 21 heavy (non-hydrogen) atoms. The molecule has 2 aliphatic rings. The van der Waals surface area contributed by atoms with Gasteiger partial charge in [0, 0.05) is 23.5 Å². The number of hydrogen-bond donors (Lipinski definition) is 1. The molecule has 0 bridgehead atoms. The fourth-order valence-corrected chi connectivity index (χ4v) is 4.67. The van der Waals surface area contributed by atoms with Gasteiger partial charge in [-0.1, -0.05) is 31.4 Å². The molecule has 1 unspecified atom stereocenters. The van der Waals surface area contributed by atoms with Crippen LogP contribution in [0.15, 0.2) is 18.2 Å². The smallest absolute Gasteiger partial charge is 0.122 e. The van der Waals surface area contributed by atoms with Crippen molar-refractivity contribution < 1.29 is 4.74 Å². The van der Waals surface area contributed by atoms with E-state index in [9.17, 15) is 0 Å². The zero-order valence-corrected chi connectivity index (χ0v) is 13.7. The number of nitrogens with two attached hydrogens (primary N) is 1. The molecule has 1 saturated carbocycles. The lowest BCUT2D eigenvalue weighted by atomic mass is 10.0. The van der Waals surface area contributed by atoms with Crippen molar-refractivity contribution in [3.63, 3.8) is 0 Å². The molecule has 0 saturated heterocycles. The van der Waals surface area contributed by atoms with Crippen molar-refractivity contribution in [3.8, 4) is 5.75 Å². The number of aryl methyl sites for hydroxylation is 1. The molecule has 3 rings (SSSR count). The van der Waals surface area contributed by atoms with Crippen LogP contribution in [0, 0.1) is 0 Å². The number of hydrogen-bond acceptors (Lipinski definition) is 3. The summed E-state index contributed by atoms with van der Waals surface area (Å²) in [4.78, 5) is 0. The molecule has 2 nitrogen and oxygen atoms in total. The number of fused-ring (bicyclic) bond motifs is 1. The van der Waals surface area contributed by atoms with Gasteiger partial charge in [-0.05, 0) is 42.9 Å². The minimum absolute atomic E-state index is 0.335. The van der Waals surface area contributed by atoms with Crippen molar-refractivity contribution >= 4 is 11.8 Å². The van der Waals surface area contributed by atoms with E-state index >= 15 is 0 Å². The molecule has 1 aliphatic heterocycles. The molecule has 0 spiro atoms. The third kappa shape index (κ3) is 4.40. The first-order chi connectivity index (χ1) is 10.3. The van der Waals surface area contributed by atoms with Crippen molar-refractivity contribution in [2.45, 2.75) is 62.7 Å². The van der Waals surface area contributed by atoms with Crippen LogP contribution >= 0.6 is 11.8 Å². The molecule has 2 N–H and O–H groups in total. The zero-order valence-electron chi connectivity index (χ0n) is 12.9. The second-order valence-electron chi connectivity index (χ2n) is 6.43. The van der Waals surface area contributed by atoms with Gasteiger partial charge >= 0.3 is 0 Å². The Labute approximate surface area is 132 Å². The Kier molecular flexibility index (Phi) is 5.48. The van der Waals surface area contributed by atoms with E-state index in [-0.39, 0.29) is 0 Å². The zero-order chi connectivity index (χ0) is 14.5. The third-order valence-corrected chi connectivity index (χ3v) is 6.22. The average Bonchev–Trinajstić information content (AvgIpc) is 2.99. The molecule has 1 aromatic rings. The Morgan fingerprint density at radius 1 is 1.24 bits per heavy atom. The fourth-order valence-electron chi connectivity index (χ4n) is 3.32. The molecule has 1 aliphatic carbocycles. The number of thioether (sulfide) groups is 1. The molecule has 1 heterocycles. The molecule has 1 fully saturated rings. The van der Waals surface area contributed by atoms with E-state index in [0.29, 0.717) is 6.04 Å². The van der Waals surface area contributed by atoms with Crippen LogP contribution in [-0.2, 0) is 12.8 Å². The van der Waals surface area contributed by atoms with Crippen LogP contribution in [0.5, 0.6) is 5.75 Å². The monoisotopic (exact) mass is 305 g/mol. The van der Waals surface area contributed by atoms with Crippen molar-refractivity contribution in [1.82, 2.24) is 0 Å². The Balaban J connectivity index is 1.40. The maximum atomic E-state index is 6.31. The number of benzene rings is 1. The fraction of sp³-hybridized carbons (Fsp3) is 0.667. The van der Waals surface area contributed by atoms with Crippen LogP contribution in [0.25, 0.3) is 0 Å². The summed E-state index contributed by atoms with van der Waals surface area (Å²) in [6.07, 6.45) is 10.3. The number of ether oxygens (including phenoxy) is 1. The maximum absolute atomic E-state index is 6.31. The lowest BCUT2D eigenvalue weighted by Crippen LogP contribution is -2.25. The van der Waals surface area contributed by atoms with Crippen molar-refractivity contribution in [2.24, 2.45) is 5.73 Å². The minimum atomic E-state index is 0.335. The van der Waals surface area contributed by atoms with Gasteiger partial charge < -0.3 is 10.5 Å². The molecule has 0 aromatic heterocycles. The summed E-state index contributed by atoms with van der Waals surface area (Å²) < 4.78 is 5.56.